The molecule has 0 fully saturated rings. The summed E-state index contributed by atoms with van der Waals surface area (Å²) in [5, 5.41) is 15.8. The Kier molecular flexibility index (Phi) is 5.20. The molecule has 2 rings (SSSR count). The summed E-state index contributed by atoms with van der Waals surface area (Å²) in [5.41, 5.74) is 7.40. The van der Waals surface area contributed by atoms with Gasteiger partial charge in [-0.2, -0.15) is 8.75 Å². The molecule has 0 atom stereocenters. The summed E-state index contributed by atoms with van der Waals surface area (Å²) in [6.45, 7) is 2.78. The minimum absolute atomic E-state index is 0.194. The number of pyridine rings is 1. The molecule has 10 heteroatoms. The Morgan fingerprint density at radius 1 is 1.41 bits per heavy atom. The van der Waals surface area contributed by atoms with Crippen molar-refractivity contribution in [3.05, 3.63) is 29.7 Å². The van der Waals surface area contributed by atoms with Crippen molar-refractivity contribution in [1.82, 2.24) is 24.4 Å². The fraction of sp³-hybridized carbons (Fsp3) is 0.250. The van der Waals surface area contributed by atoms with Crippen molar-refractivity contribution in [1.29, 1.82) is 5.41 Å². The van der Waals surface area contributed by atoms with Crippen molar-refractivity contribution in [2.45, 2.75) is 13.5 Å². The normalized spacial score (nSPS) is 10.0. The number of nitrogen functional groups attached to an aromatic ring is 1. The Balaban J connectivity index is 1.93. The highest BCUT2D eigenvalue weighted by Crippen LogP contribution is 2.14. The van der Waals surface area contributed by atoms with Crippen LogP contribution in [-0.4, -0.2) is 32.1 Å². The maximum Gasteiger partial charge on any atom is 0.320 e. The number of hydrogen-bond donors (Lipinski definition) is 5. The second-order valence-electron chi connectivity index (χ2n) is 4.27. The molecule has 0 aliphatic heterocycles. The minimum Gasteiger partial charge on any atom is -0.398 e. The SMILES string of the molecule is CCNC(=N)c1cnc(NC(=O)NCc2cnsn2)cc1N. The number of carbonyl (C=O) groups is 1. The third-order valence-corrected chi connectivity index (χ3v) is 3.15. The third-order valence-electron chi connectivity index (χ3n) is 2.64. The summed E-state index contributed by atoms with van der Waals surface area (Å²) in [6.07, 6.45) is 3.03. The molecule has 0 saturated heterocycles. The van der Waals surface area contributed by atoms with Crippen LogP contribution in [0.15, 0.2) is 18.5 Å². The molecule has 0 aromatic carbocycles. The van der Waals surface area contributed by atoms with Gasteiger partial charge in [-0.25, -0.2) is 9.78 Å². The number of aromatic nitrogens is 3. The van der Waals surface area contributed by atoms with Crippen molar-refractivity contribution < 1.29 is 4.79 Å². The van der Waals surface area contributed by atoms with E-state index in [4.69, 9.17) is 11.1 Å². The fourth-order valence-electron chi connectivity index (χ4n) is 1.61. The molecule has 2 heterocycles. The van der Waals surface area contributed by atoms with E-state index >= 15 is 0 Å². The number of anilines is 2. The van der Waals surface area contributed by atoms with Crippen molar-refractivity contribution in [2.24, 2.45) is 0 Å². The summed E-state index contributed by atoms with van der Waals surface area (Å²) >= 11 is 1.08. The van der Waals surface area contributed by atoms with Gasteiger partial charge < -0.3 is 16.4 Å². The number of amidine groups is 1. The Labute approximate surface area is 131 Å². The highest BCUT2D eigenvalue weighted by molar-refractivity contribution is 6.99. The summed E-state index contributed by atoms with van der Waals surface area (Å²) in [5.74, 6) is 0.499. The number of nitrogens with one attached hydrogen (secondary N) is 4. The zero-order valence-corrected chi connectivity index (χ0v) is 12.7. The molecule has 0 bridgehead atoms. The highest BCUT2D eigenvalue weighted by Gasteiger charge is 2.09. The molecule has 0 spiro atoms. The average molecular weight is 320 g/mol. The standard InChI is InChI=1S/C12H16N8OS/c1-2-15-11(14)8-6-16-10(3-9(8)13)19-12(21)17-4-7-5-18-22-20-7/h3,5-6H,2,4H2,1H3,(H2,14,15)(H4,13,16,17,19,21). The number of nitrogens with zero attached hydrogens (tertiary/aromatic N) is 3. The third kappa shape index (κ3) is 4.12. The lowest BCUT2D eigenvalue weighted by Gasteiger charge is -2.10. The van der Waals surface area contributed by atoms with E-state index in [2.05, 4.69) is 29.7 Å². The van der Waals surface area contributed by atoms with Crippen molar-refractivity contribution >= 4 is 35.1 Å². The summed E-state index contributed by atoms with van der Waals surface area (Å²) in [4.78, 5) is 15.8. The number of carbonyl (C=O) groups excluding carboxylic acids is 1. The number of nitrogens with two attached hydrogens (primary N) is 1. The Hall–Kier alpha value is -2.75. The molecule has 22 heavy (non-hydrogen) atoms. The van der Waals surface area contributed by atoms with E-state index in [1.54, 1.807) is 6.20 Å². The molecular weight excluding hydrogens is 304 g/mol. The van der Waals surface area contributed by atoms with E-state index in [1.165, 1.54) is 12.3 Å². The number of urea groups is 1. The lowest BCUT2D eigenvalue weighted by molar-refractivity contribution is 0.251. The van der Waals surface area contributed by atoms with Gasteiger partial charge in [-0.15, -0.1) is 0 Å². The number of rotatable bonds is 5. The molecule has 2 aromatic rings. The number of amides is 2. The van der Waals surface area contributed by atoms with Crippen LogP contribution in [0.25, 0.3) is 0 Å². The zero-order valence-electron chi connectivity index (χ0n) is 11.9. The van der Waals surface area contributed by atoms with Crippen LogP contribution in [0.4, 0.5) is 16.3 Å². The van der Waals surface area contributed by atoms with Crippen LogP contribution in [0.5, 0.6) is 0 Å². The first kappa shape index (κ1) is 15.6. The van der Waals surface area contributed by atoms with Gasteiger partial charge >= 0.3 is 6.03 Å². The van der Waals surface area contributed by atoms with Gasteiger partial charge in [0, 0.05) is 24.5 Å². The van der Waals surface area contributed by atoms with Gasteiger partial charge in [0.05, 0.1) is 35.7 Å². The predicted molar refractivity (Wildman–Crippen MR) is 84.9 cm³/mol. The van der Waals surface area contributed by atoms with E-state index in [9.17, 15) is 4.79 Å². The van der Waals surface area contributed by atoms with Gasteiger partial charge in [0.1, 0.15) is 11.7 Å². The van der Waals surface area contributed by atoms with Gasteiger partial charge in [0.15, 0.2) is 0 Å². The van der Waals surface area contributed by atoms with Gasteiger partial charge in [-0.1, -0.05) is 0 Å². The van der Waals surface area contributed by atoms with Crippen LogP contribution < -0.4 is 21.7 Å². The molecule has 0 aliphatic rings. The summed E-state index contributed by atoms with van der Waals surface area (Å²) < 4.78 is 7.82. The van der Waals surface area contributed by atoms with Crippen LogP contribution in [0.3, 0.4) is 0 Å². The quantitative estimate of drug-likeness (QED) is 0.407. The fourth-order valence-corrected chi connectivity index (χ4v) is 2.05. The van der Waals surface area contributed by atoms with Crippen LogP contribution >= 0.6 is 11.7 Å². The average Bonchev–Trinajstić information content (AvgIpc) is 2.98. The molecule has 0 radical (unpaired) electrons. The number of hydrogen-bond acceptors (Lipinski definition) is 7. The van der Waals surface area contributed by atoms with E-state index in [-0.39, 0.29) is 12.4 Å². The van der Waals surface area contributed by atoms with Gasteiger partial charge in [0.2, 0.25) is 0 Å². The van der Waals surface area contributed by atoms with Crippen LogP contribution in [0.2, 0.25) is 0 Å². The first-order chi connectivity index (χ1) is 10.6. The van der Waals surface area contributed by atoms with Crippen LogP contribution in [0, 0.1) is 5.41 Å². The molecular formula is C12H16N8OS. The first-order valence-electron chi connectivity index (χ1n) is 6.49. The molecule has 6 N–H and O–H groups in total. The van der Waals surface area contributed by atoms with Gasteiger partial charge in [0.25, 0.3) is 0 Å². The lowest BCUT2D eigenvalue weighted by atomic mass is 10.2. The maximum absolute atomic E-state index is 11.7. The molecule has 116 valence electrons. The Morgan fingerprint density at radius 3 is 2.86 bits per heavy atom. The summed E-state index contributed by atoms with van der Waals surface area (Å²) in [7, 11) is 0. The van der Waals surface area contributed by atoms with E-state index in [0.29, 0.717) is 29.3 Å². The molecule has 0 aliphatic carbocycles. The van der Waals surface area contributed by atoms with E-state index < -0.39 is 6.03 Å². The highest BCUT2D eigenvalue weighted by atomic mass is 32.1. The molecule has 2 aromatic heterocycles. The Morgan fingerprint density at radius 2 is 2.23 bits per heavy atom. The Bertz CT molecular complexity index is 657. The summed E-state index contributed by atoms with van der Waals surface area (Å²) in [6, 6.07) is 1.08. The van der Waals surface area contributed by atoms with E-state index in [0.717, 1.165) is 11.7 Å². The van der Waals surface area contributed by atoms with Crippen molar-refractivity contribution in [3.8, 4) is 0 Å². The minimum atomic E-state index is -0.422. The topological polar surface area (TPSA) is 142 Å². The molecule has 9 nitrogen and oxygen atoms in total. The van der Waals surface area contributed by atoms with Crippen LogP contribution in [0.1, 0.15) is 18.2 Å². The second-order valence-corrected chi connectivity index (χ2v) is 4.83. The van der Waals surface area contributed by atoms with E-state index in [1.807, 2.05) is 6.92 Å². The monoisotopic (exact) mass is 320 g/mol. The first-order valence-corrected chi connectivity index (χ1v) is 7.22. The maximum atomic E-state index is 11.7. The van der Waals surface area contributed by atoms with Gasteiger partial charge in [-0.3, -0.25) is 10.7 Å². The largest absolute Gasteiger partial charge is 0.398 e. The predicted octanol–water partition coefficient (Wildman–Crippen LogP) is 0.772. The lowest BCUT2D eigenvalue weighted by Crippen LogP contribution is -2.29. The van der Waals surface area contributed by atoms with Crippen molar-refractivity contribution in [3.63, 3.8) is 0 Å². The smallest absolute Gasteiger partial charge is 0.320 e. The van der Waals surface area contributed by atoms with Crippen LogP contribution in [-0.2, 0) is 6.54 Å². The second kappa shape index (κ2) is 7.31. The molecule has 0 saturated carbocycles. The molecule has 2 amide bonds. The van der Waals surface area contributed by atoms with Crippen molar-refractivity contribution in [2.75, 3.05) is 17.6 Å². The van der Waals surface area contributed by atoms with Gasteiger partial charge in [-0.05, 0) is 6.92 Å². The zero-order chi connectivity index (χ0) is 15.9. The molecule has 0 unspecified atom stereocenters.